The van der Waals surface area contributed by atoms with Gasteiger partial charge in [-0.3, -0.25) is 9.78 Å². The zero-order chi connectivity index (χ0) is 20.5. The Balaban J connectivity index is 1.54. The van der Waals surface area contributed by atoms with Gasteiger partial charge in [0.05, 0.1) is 11.1 Å². The molecule has 5 rings (SSSR count). The first-order chi connectivity index (χ1) is 14.7. The van der Waals surface area contributed by atoms with Crippen molar-refractivity contribution in [3.05, 3.63) is 77.0 Å². The molecule has 1 aromatic heterocycles. The summed E-state index contributed by atoms with van der Waals surface area (Å²) in [5.41, 5.74) is 3.99. The molecule has 3 aromatic rings. The third-order valence-electron chi connectivity index (χ3n) is 5.86. The average molecular weight is 400 g/mol. The summed E-state index contributed by atoms with van der Waals surface area (Å²) in [6, 6.07) is 17.1. The van der Waals surface area contributed by atoms with Gasteiger partial charge in [-0.2, -0.15) is 0 Å². The maximum Gasteiger partial charge on any atom is 0.340 e. The van der Waals surface area contributed by atoms with E-state index in [1.54, 1.807) is 0 Å². The summed E-state index contributed by atoms with van der Waals surface area (Å²) in [6.07, 6.45) is 4.76. The zero-order valence-corrected chi connectivity index (χ0v) is 16.8. The molecule has 0 aliphatic heterocycles. The van der Waals surface area contributed by atoms with Crippen LogP contribution in [-0.4, -0.2) is 22.9 Å². The van der Waals surface area contributed by atoms with Gasteiger partial charge in [0.2, 0.25) is 6.10 Å². The van der Waals surface area contributed by atoms with Crippen LogP contribution in [0.2, 0.25) is 0 Å². The van der Waals surface area contributed by atoms with E-state index >= 15 is 0 Å². The number of aromatic nitrogens is 1. The largest absolute Gasteiger partial charge is 0.444 e. The molecular formula is C25H24N2O3. The number of carbonyl (C=O) groups is 2. The Hall–Kier alpha value is -3.21. The van der Waals surface area contributed by atoms with E-state index in [2.05, 4.69) is 5.32 Å². The van der Waals surface area contributed by atoms with Gasteiger partial charge in [-0.05, 0) is 50.2 Å². The molecule has 1 atom stereocenters. The number of aryl methyl sites for hydroxylation is 1. The number of pyridine rings is 1. The molecule has 0 spiro atoms. The predicted molar refractivity (Wildman–Crippen MR) is 114 cm³/mol. The molecule has 1 saturated carbocycles. The first-order valence-corrected chi connectivity index (χ1v) is 10.7. The third-order valence-corrected chi connectivity index (χ3v) is 5.86. The minimum atomic E-state index is -0.967. The van der Waals surface area contributed by atoms with Crippen molar-refractivity contribution in [2.75, 3.05) is 0 Å². The Morgan fingerprint density at radius 3 is 2.50 bits per heavy atom. The minimum absolute atomic E-state index is 0.192. The van der Waals surface area contributed by atoms with Crippen LogP contribution in [0.15, 0.2) is 54.6 Å². The first kappa shape index (κ1) is 18.8. The van der Waals surface area contributed by atoms with Crippen molar-refractivity contribution in [3.63, 3.8) is 0 Å². The minimum Gasteiger partial charge on any atom is -0.444 e. The molecule has 2 aliphatic rings. The highest BCUT2D eigenvalue weighted by molar-refractivity contribution is 6.06. The highest BCUT2D eigenvalue weighted by atomic mass is 16.5. The molecule has 2 aliphatic carbocycles. The number of hydrogen-bond donors (Lipinski definition) is 1. The highest BCUT2D eigenvalue weighted by Crippen LogP contribution is 2.31. The van der Waals surface area contributed by atoms with E-state index in [0.29, 0.717) is 11.1 Å². The lowest BCUT2D eigenvalue weighted by Gasteiger charge is -2.22. The number of nitrogens with one attached hydrogen (secondary N) is 1. The van der Waals surface area contributed by atoms with E-state index in [-0.39, 0.29) is 11.9 Å². The lowest BCUT2D eigenvalue weighted by molar-refractivity contribution is -0.130. The van der Waals surface area contributed by atoms with Crippen molar-refractivity contribution in [1.29, 1.82) is 0 Å². The second kappa shape index (κ2) is 7.90. The van der Waals surface area contributed by atoms with Gasteiger partial charge in [-0.15, -0.1) is 0 Å². The van der Waals surface area contributed by atoms with Crippen molar-refractivity contribution in [3.8, 4) is 0 Å². The molecular weight excluding hydrogens is 376 g/mol. The Labute approximate surface area is 175 Å². The molecule has 1 heterocycles. The highest BCUT2D eigenvalue weighted by Gasteiger charge is 2.32. The average Bonchev–Trinajstić information content (AvgIpc) is 3.60. The van der Waals surface area contributed by atoms with Crippen LogP contribution >= 0.6 is 0 Å². The Kier molecular flexibility index (Phi) is 4.95. The van der Waals surface area contributed by atoms with Crippen LogP contribution in [-0.2, 0) is 22.4 Å². The third kappa shape index (κ3) is 3.67. The molecule has 1 N–H and O–H groups in total. The van der Waals surface area contributed by atoms with Crippen LogP contribution in [0.1, 0.15) is 59.0 Å². The monoisotopic (exact) mass is 400 g/mol. The van der Waals surface area contributed by atoms with Gasteiger partial charge in [0.15, 0.2) is 0 Å². The van der Waals surface area contributed by atoms with Gasteiger partial charge in [-0.25, -0.2) is 4.79 Å². The standard InChI is InChI=1S/C25H24N2O3/c28-24(26-17-14-15-17)23(16-8-2-1-3-9-16)30-25(29)22-18-10-4-6-12-20(18)27-21-13-7-5-11-19(21)22/h1-4,6,8-10,12,17,23H,5,7,11,13-15H2,(H,26,28)/t23-/m0/s1. The first-order valence-electron chi connectivity index (χ1n) is 10.7. The number of nitrogens with zero attached hydrogens (tertiary/aromatic N) is 1. The summed E-state index contributed by atoms with van der Waals surface area (Å²) < 4.78 is 5.91. The molecule has 152 valence electrons. The summed E-state index contributed by atoms with van der Waals surface area (Å²) in [7, 11) is 0. The van der Waals surface area contributed by atoms with Gasteiger partial charge < -0.3 is 10.1 Å². The number of hydrogen-bond acceptors (Lipinski definition) is 4. The van der Waals surface area contributed by atoms with Gasteiger partial charge in [0, 0.05) is 22.7 Å². The Morgan fingerprint density at radius 2 is 1.70 bits per heavy atom. The summed E-state index contributed by atoms with van der Waals surface area (Å²) in [5.74, 6) is -0.712. The van der Waals surface area contributed by atoms with Crippen LogP contribution in [0.5, 0.6) is 0 Å². The van der Waals surface area contributed by atoms with E-state index < -0.39 is 12.1 Å². The summed E-state index contributed by atoms with van der Waals surface area (Å²) in [6.45, 7) is 0. The molecule has 1 amide bonds. The summed E-state index contributed by atoms with van der Waals surface area (Å²) >= 11 is 0. The van der Waals surface area contributed by atoms with Crippen molar-refractivity contribution in [1.82, 2.24) is 10.3 Å². The number of fused-ring (bicyclic) bond motifs is 2. The van der Waals surface area contributed by atoms with Gasteiger partial charge in [0.1, 0.15) is 0 Å². The lowest BCUT2D eigenvalue weighted by Crippen LogP contribution is -2.33. The molecule has 0 unspecified atom stereocenters. The summed E-state index contributed by atoms with van der Waals surface area (Å²) in [4.78, 5) is 31.2. The topological polar surface area (TPSA) is 68.3 Å². The van der Waals surface area contributed by atoms with E-state index in [0.717, 1.165) is 60.7 Å². The van der Waals surface area contributed by atoms with Gasteiger partial charge in [-0.1, -0.05) is 48.5 Å². The molecule has 0 saturated heterocycles. The predicted octanol–water partition coefficient (Wildman–Crippen LogP) is 4.29. The number of ether oxygens (including phenoxy) is 1. The Morgan fingerprint density at radius 1 is 0.967 bits per heavy atom. The van der Waals surface area contributed by atoms with Crippen LogP contribution in [0.3, 0.4) is 0 Å². The van der Waals surface area contributed by atoms with Crippen molar-refractivity contribution < 1.29 is 14.3 Å². The fraction of sp³-hybridized carbons (Fsp3) is 0.320. The normalized spacial score (nSPS) is 16.5. The van der Waals surface area contributed by atoms with E-state index in [1.165, 1.54) is 0 Å². The number of amides is 1. The number of benzene rings is 2. The fourth-order valence-corrected chi connectivity index (χ4v) is 4.18. The van der Waals surface area contributed by atoms with E-state index in [4.69, 9.17) is 9.72 Å². The fourth-order valence-electron chi connectivity index (χ4n) is 4.18. The van der Waals surface area contributed by atoms with Crippen molar-refractivity contribution in [2.45, 2.75) is 50.7 Å². The molecule has 30 heavy (non-hydrogen) atoms. The van der Waals surface area contributed by atoms with E-state index in [1.807, 2.05) is 54.6 Å². The molecule has 1 fully saturated rings. The number of esters is 1. The Bertz CT molecular complexity index is 1110. The maximum absolute atomic E-state index is 13.5. The second-order valence-corrected chi connectivity index (χ2v) is 8.12. The second-order valence-electron chi connectivity index (χ2n) is 8.12. The van der Waals surface area contributed by atoms with E-state index in [9.17, 15) is 9.59 Å². The molecule has 0 radical (unpaired) electrons. The van der Waals surface area contributed by atoms with Gasteiger partial charge >= 0.3 is 5.97 Å². The lowest BCUT2D eigenvalue weighted by atomic mass is 9.90. The van der Waals surface area contributed by atoms with Crippen LogP contribution < -0.4 is 5.32 Å². The smallest absolute Gasteiger partial charge is 0.340 e. The van der Waals surface area contributed by atoms with Crippen LogP contribution in [0.4, 0.5) is 0 Å². The number of rotatable bonds is 5. The molecule has 2 aromatic carbocycles. The van der Waals surface area contributed by atoms with Crippen molar-refractivity contribution in [2.24, 2.45) is 0 Å². The van der Waals surface area contributed by atoms with Crippen LogP contribution in [0, 0.1) is 0 Å². The molecule has 5 heteroatoms. The zero-order valence-electron chi connectivity index (χ0n) is 16.8. The number of carbonyl (C=O) groups excluding carboxylic acids is 2. The van der Waals surface area contributed by atoms with Crippen molar-refractivity contribution >= 4 is 22.8 Å². The van der Waals surface area contributed by atoms with Gasteiger partial charge in [0.25, 0.3) is 5.91 Å². The summed E-state index contributed by atoms with van der Waals surface area (Å²) in [5, 5.41) is 3.77. The molecule has 0 bridgehead atoms. The SMILES string of the molecule is O=C(O[C@H](C(=O)NC1CC1)c1ccccc1)c1c2c(nc3ccccc13)CCCC2. The quantitative estimate of drug-likeness (QED) is 0.649. The molecule has 5 nitrogen and oxygen atoms in total. The van der Waals surface area contributed by atoms with Crippen LogP contribution in [0.25, 0.3) is 10.9 Å². The maximum atomic E-state index is 13.5. The number of para-hydroxylation sites is 1.